The zero-order chi connectivity index (χ0) is 39.1. The Morgan fingerprint density at radius 3 is 1.41 bits per heavy atom. The van der Waals surface area contributed by atoms with Crippen LogP contribution in [0, 0.1) is 11.3 Å². The lowest BCUT2D eigenvalue weighted by Crippen LogP contribution is -2.25. The van der Waals surface area contributed by atoms with E-state index in [9.17, 15) is 5.26 Å². The van der Waals surface area contributed by atoms with Crippen LogP contribution in [-0.2, 0) is 5.41 Å². The van der Waals surface area contributed by atoms with Gasteiger partial charge in [0.15, 0.2) is 17.5 Å². The Bertz CT molecular complexity index is 3280. The molecule has 1 aromatic heterocycles. The molecule has 0 radical (unpaired) electrons. The topological polar surface area (TPSA) is 62.5 Å². The van der Waals surface area contributed by atoms with E-state index in [1.807, 2.05) is 12.1 Å². The van der Waals surface area contributed by atoms with Crippen LogP contribution >= 0.6 is 0 Å². The number of hydrogen-bond acceptors (Lipinski definition) is 4. The van der Waals surface area contributed by atoms with Crippen LogP contribution in [0.1, 0.15) is 27.8 Å². The van der Waals surface area contributed by atoms with Crippen molar-refractivity contribution in [1.82, 2.24) is 15.0 Å². The van der Waals surface area contributed by atoms with Crippen molar-refractivity contribution in [3.63, 3.8) is 0 Å². The van der Waals surface area contributed by atoms with Crippen molar-refractivity contribution < 1.29 is 0 Å². The second kappa shape index (κ2) is 12.8. The van der Waals surface area contributed by atoms with Crippen molar-refractivity contribution in [2.45, 2.75) is 5.41 Å². The molecule has 4 heteroatoms. The summed E-state index contributed by atoms with van der Waals surface area (Å²) in [4.78, 5) is 15.4. The van der Waals surface area contributed by atoms with Crippen LogP contribution < -0.4 is 0 Å². The molecule has 12 rings (SSSR count). The molecule has 0 unspecified atom stereocenters. The summed E-state index contributed by atoms with van der Waals surface area (Å²) in [5, 5.41) is 15.1. The fourth-order valence-corrected chi connectivity index (χ4v) is 9.72. The molecule has 9 aromatic carbocycles. The van der Waals surface area contributed by atoms with Gasteiger partial charge in [0.25, 0.3) is 0 Å². The molecule has 0 fully saturated rings. The quantitative estimate of drug-likeness (QED) is 0.180. The Kier molecular flexibility index (Phi) is 7.17. The fraction of sp³-hybridized carbons (Fsp3) is 0.0182. The number of nitriles is 1. The highest BCUT2D eigenvalue weighted by Gasteiger charge is 2.52. The lowest BCUT2D eigenvalue weighted by Gasteiger charge is -2.30. The molecule has 2 aliphatic rings. The predicted octanol–water partition coefficient (Wildman–Crippen LogP) is 13.1. The smallest absolute Gasteiger partial charge is 0.164 e. The fourth-order valence-electron chi connectivity index (χ4n) is 9.72. The van der Waals surface area contributed by atoms with Crippen LogP contribution in [0.3, 0.4) is 0 Å². The van der Waals surface area contributed by atoms with Crippen molar-refractivity contribution >= 4 is 21.5 Å². The highest BCUT2D eigenvalue weighted by atomic mass is 15.0. The van der Waals surface area contributed by atoms with E-state index in [-0.39, 0.29) is 0 Å². The third-order valence-corrected chi connectivity index (χ3v) is 12.3. The Morgan fingerprint density at radius 2 is 0.797 bits per heavy atom. The van der Waals surface area contributed by atoms with Crippen LogP contribution in [0.4, 0.5) is 0 Å². The van der Waals surface area contributed by atoms with E-state index in [1.165, 1.54) is 38.6 Å². The molecule has 0 N–H and O–H groups in total. The van der Waals surface area contributed by atoms with Crippen molar-refractivity contribution in [2.24, 2.45) is 0 Å². The van der Waals surface area contributed by atoms with E-state index in [2.05, 4.69) is 188 Å². The third-order valence-electron chi connectivity index (χ3n) is 12.3. The molecule has 0 amide bonds. The average Bonchev–Trinajstić information content (AvgIpc) is 3.78. The summed E-state index contributed by atoms with van der Waals surface area (Å²) in [5.74, 6) is 1.84. The zero-order valence-electron chi connectivity index (χ0n) is 31.8. The van der Waals surface area contributed by atoms with Gasteiger partial charge in [-0.05, 0) is 102 Å². The number of fused-ring (bicyclic) bond motifs is 12. The largest absolute Gasteiger partial charge is 0.208 e. The minimum atomic E-state index is -0.520. The molecule has 10 aromatic rings. The van der Waals surface area contributed by atoms with Crippen LogP contribution in [0.25, 0.3) is 89.1 Å². The SMILES string of the molecule is N#Cc1cccc2c1-c1cc(-c3cccc(-c4nc(-c5ccc6ccccc6c5)nc(-c5ccc6ccccc6c5)n4)c3)ccc1C21c2ccccc2-c2ccccc21. The molecule has 0 saturated carbocycles. The zero-order valence-corrected chi connectivity index (χ0v) is 31.8. The van der Waals surface area contributed by atoms with Gasteiger partial charge in [-0.15, -0.1) is 0 Å². The summed E-state index contributed by atoms with van der Waals surface area (Å²) in [5.41, 5.74) is 14.4. The second-order valence-electron chi connectivity index (χ2n) is 15.5. The van der Waals surface area contributed by atoms with Crippen LogP contribution in [0.5, 0.6) is 0 Å². The maximum absolute atomic E-state index is 10.5. The van der Waals surface area contributed by atoms with Gasteiger partial charge in [-0.1, -0.05) is 164 Å². The minimum absolute atomic E-state index is 0.520. The van der Waals surface area contributed by atoms with E-state index in [4.69, 9.17) is 15.0 Å². The molecule has 0 saturated heterocycles. The van der Waals surface area contributed by atoms with Gasteiger partial charge >= 0.3 is 0 Å². The van der Waals surface area contributed by atoms with Gasteiger partial charge in [0.05, 0.1) is 17.0 Å². The molecular weight excluding hydrogens is 717 g/mol. The Hall–Kier alpha value is -8.00. The molecule has 4 nitrogen and oxygen atoms in total. The highest BCUT2D eigenvalue weighted by Crippen LogP contribution is 2.63. The Balaban J connectivity index is 1.03. The van der Waals surface area contributed by atoms with Crippen molar-refractivity contribution in [3.05, 3.63) is 222 Å². The normalized spacial score (nSPS) is 12.9. The summed E-state index contributed by atoms with van der Waals surface area (Å²) in [7, 11) is 0. The number of aromatic nitrogens is 3. The van der Waals surface area contributed by atoms with Crippen molar-refractivity contribution in [3.8, 4) is 73.6 Å². The van der Waals surface area contributed by atoms with Gasteiger partial charge in [-0.2, -0.15) is 5.26 Å². The van der Waals surface area contributed by atoms with Gasteiger partial charge < -0.3 is 0 Å². The molecule has 272 valence electrons. The Morgan fingerprint density at radius 1 is 0.339 bits per heavy atom. The molecule has 0 atom stereocenters. The summed E-state index contributed by atoms with van der Waals surface area (Å²) in [6.45, 7) is 0. The first-order chi connectivity index (χ1) is 29.2. The standard InChI is InChI=1S/C55H32N4/c56-33-43-17-10-22-50-51(43)46-32-39(27-28-49(46)55(50)47-20-7-5-18-44(47)45-19-6-8-21-48(45)55)38-15-9-16-40(31-38)52-57-53(41-25-23-34-11-1-3-13-36(34)29-41)59-54(58-52)42-26-24-35-12-2-4-14-37(35)30-42/h1-32H. The predicted molar refractivity (Wildman–Crippen MR) is 238 cm³/mol. The summed E-state index contributed by atoms with van der Waals surface area (Å²) >= 11 is 0. The lowest BCUT2D eigenvalue weighted by molar-refractivity contribution is 0.793. The monoisotopic (exact) mass is 748 g/mol. The van der Waals surface area contributed by atoms with Gasteiger partial charge in [-0.25, -0.2) is 15.0 Å². The molecule has 2 aliphatic carbocycles. The average molecular weight is 749 g/mol. The van der Waals surface area contributed by atoms with E-state index < -0.39 is 5.41 Å². The van der Waals surface area contributed by atoms with E-state index in [0.29, 0.717) is 23.0 Å². The van der Waals surface area contributed by atoms with Gasteiger partial charge in [-0.3, -0.25) is 0 Å². The molecule has 1 spiro atoms. The molecule has 0 bridgehead atoms. The van der Waals surface area contributed by atoms with Gasteiger partial charge in [0.2, 0.25) is 0 Å². The second-order valence-corrected chi connectivity index (χ2v) is 15.5. The molecule has 1 heterocycles. The number of benzene rings is 9. The number of nitrogens with zero attached hydrogens (tertiary/aromatic N) is 4. The van der Waals surface area contributed by atoms with E-state index in [0.717, 1.165) is 55.3 Å². The third kappa shape index (κ3) is 4.92. The van der Waals surface area contributed by atoms with E-state index >= 15 is 0 Å². The van der Waals surface area contributed by atoms with Crippen LogP contribution in [0.15, 0.2) is 194 Å². The highest BCUT2D eigenvalue weighted by molar-refractivity contribution is 5.98. The number of hydrogen-bond donors (Lipinski definition) is 0. The maximum atomic E-state index is 10.5. The lowest BCUT2D eigenvalue weighted by atomic mass is 9.70. The minimum Gasteiger partial charge on any atom is -0.208 e. The molecule has 0 aliphatic heterocycles. The van der Waals surface area contributed by atoms with Gasteiger partial charge in [0, 0.05) is 22.3 Å². The Labute approximate surface area is 341 Å². The van der Waals surface area contributed by atoms with Gasteiger partial charge in [0.1, 0.15) is 0 Å². The summed E-state index contributed by atoms with van der Waals surface area (Å²) in [6.07, 6.45) is 0. The van der Waals surface area contributed by atoms with Crippen LogP contribution in [0.2, 0.25) is 0 Å². The summed E-state index contributed by atoms with van der Waals surface area (Å²) < 4.78 is 0. The van der Waals surface area contributed by atoms with Crippen molar-refractivity contribution in [2.75, 3.05) is 0 Å². The molecule has 59 heavy (non-hydrogen) atoms. The summed E-state index contributed by atoms with van der Waals surface area (Å²) in [6, 6.07) is 70.9. The first-order valence-corrected chi connectivity index (χ1v) is 19.9. The number of rotatable bonds is 4. The first-order valence-electron chi connectivity index (χ1n) is 19.9. The molecular formula is C55H32N4. The van der Waals surface area contributed by atoms with Crippen molar-refractivity contribution in [1.29, 1.82) is 5.26 Å². The maximum Gasteiger partial charge on any atom is 0.164 e. The first kappa shape index (κ1) is 33.2. The van der Waals surface area contributed by atoms with E-state index in [1.54, 1.807) is 0 Å². The van der Waals surface area contributed by atoms with Crippen LogP contribution in [-0.4, -0.2) is 15.0 Å².